The number of nitrogens with zero attached hydrogens (tertiary/aromatic N) is 2. The third-order valence-corrected chi connectivity index (χ3v) is 5.51. The molecule has 1 aromatic rings. The quantitative estimate of drug-likeness (QED) is 0.638. The molecule has 7 heteroatoms. The monoisotopic (exact) mass is 367 g/mol. The van der Waals surface area contributed by atoms with Crippen molar-refractivity contribution < 1.29 is 18.3 Å². The van der Waals surface area contributed by atoms with Crippen molar-refractivity contribution in [2.45, 2.75) is 45.3 Å². The number of benzene rings is 1. The minimum atomic E-state index is -2.88. The van der Waals surface area contributed by atoms with Crippen LogP contribution in [0, 0.1) is 5.41 Å². The van der Waals surface area contributed by atoms with Crippen molar-refractivity contribution in [2.24, 2.45) is 10.4 Å². The lowest BCUT2D eigenvalue weighted by Crippen LogP contribution is -2.40. The van der Waals surface area contributed by atoms with Crippen LogP contribution in [-0.2, 0) is 6.54 Å². The summed E-state index contributed by atoms with van der Waals surface area (Å²) in [6.45, 7) is -0.330. The standard InChI is InChI=1S/C19H27F2N3O2/c1-22-18(24-10-9-19(13-24)7-3-4-8-19)23-12-14-5-6-15(25-2)16(11-14)26-17(20)21/h5-6,11,17H,3-4,7-10,12-13H2,1-2H3,(H,22,23). The molecule has 0 amide bonds. The second-order valence-electron chi connectivity index (χ2n) is 7.14. The number of ether oxygens (including phenoxy) is 2. The molecule has 1 saturated carbocycles. The molecule has 1 aliphatic heterocycles. The second-order valence-corrected chi connectivity index (χ2v) is 7.14. The van der Waals surface area contributed by atoms with Crippen LogP contribution in [0.4, 0.5) is 8.78 Å². The lowest BCUT2D eigenvalue weighted by Gasteiger charge is -2.26. The summed E-state index contributed by atoms with van der Waals surface area (Å²) in [5.74, 6) is 1.20. The van der Waals surface area contributed by atoms with Crippen LogP contribution >= 0.6 is 0 Å². The molecule has 0 atom stereocenters. The Bertz CT molecular complexity index is 646. The predicted octanol–water partition coefficient (Wildman–Crippen LogP) is 3.64. The summed E-state index contributed by atoms with van der Waals surface area (Å²) in [6, 6.07) is 5.05. The van der Waals surface area contributed by atoms with Crippen molar-refractivity contribution in [3.8, 4) is 11.5 Å². The van der Waals surface area contributed by atoms with Crippen molar-refractivity contribution in [3.05, 3.63) is 23.8 Å². The number of rotatable bonds is 5. The molecule has 0 aromatic heterocycles. The molecule has 5 nitrogen and oxygen atoms in total. The lowest BCUT2D eigenvalue weighted by molar-refractivity contribution is -0.0512. The Kier molecular flexibility index (Phi) is 5.84. The fourth-order valence-electron chi connectivity index (χ4n) is 4.18. The van der Waals surface area contributed by atoms with Crippen LogP contribution in [0.2, 0.25) is 0 Å². The summed E-state index contributed by atoms with van der Waals surface area (Å²) in [4.78, 5) is 6.71. The Morgan fingerprint density at radius 3 is 2.69 bits per heavy atom. The van der Waals surface area contributed by atoms with E-state index in [0.29, 0.717) is 17.7 Å². The highest BCUT2D eigenvalue weighted by molar-refractivity contribution is 5.80. The first kappa shape index (κ1) is 18.7. The van der Waals surface area contributed by atoms with Crippen LogP contribution in [0.3, 0.4) is 0 Å². The molecular weight excluding hydrogens is 340 g/mol. The fourth-order valence-corrected chi connectivity index (χ4v) is 4.18. The zero-order valence-electron chi connectivity index (χ0n) is 15.4. The van der Waals surface area contributed by atoms with Crippen LogP contribution < -0.4 is 14.8 Å². The Balaban J connectivity index is 1.62. The zero-order chi connectivity index (χ0) is 18.6. The zero-order valence-corrected chi connectivity index (χ0v) is 15.4. The van der Waals surface area contributed by atoms with Gasteiger partial charge in [-0.1, -0.05) is 18.9 Å². The molecular formula is C19H27F2N3O2. The smallest absolute Gasteiger partial charge is 0.387 e. The summed E-state index contributed by atoms with van der Waals surface area (Å²) in [6.07, 6.45) is 6.51. The minimum Gasteiger partial charge on any atom is -0.493 e. The molecule has 2 fully saturated rings. The highest BCUT2D eigenvalue weighted by Crippen LogP contribution is 2.45. The Hall–Kier alpha value is -2.05. The van der Waals surface area contributed by atoms with Crippen molar-refractivity contribution in [1.29, 1.82) is 0 Å². The van der Waals surface area contributed by atoms with Gasteiger partial charge in [0.2, 0.25) is 0 Å². The average Bonchev–Trinajstić information content (AvgIpc) is 3.25. The molecule has 1 heterocycles. The van der Waals surface area contributed by atoms with Gasteiger partial charge in [-0.3, -0.25) is 4.99 Å². The summed E-state index contributed by atoms with van der Waals surface area (Å²) in [5, 5.41) is 3.34. The van der Waals surface area contributed by atoms with Gasteiger partial charge < -0.3 is 19.7 Å². The predicted molar refractivity (Wildman–Crippen MR) is 96.9 cm³/mol. The summed E-state index contributed by atoms with van der Waals surface area (Å²) in [5.41, 5.74) is 1.30. The maximum Gasteiger partial charge on any atom is 0.387 e. The lowest BCUT2D eigenvalue weighted by atomic mass is 9.86. The number of likely N-dealkylation sites (tertiary alicyclic amines) is 1. The molecule has 144 valence electrons. The van der Waals surface area contributed by atoms with Crippen molar-refractivity contribution >= 4 is 5.96 Å². The van der Waals surface area contributed by atoms with E-state index in [1.165, 1.54) is 39.2 Å². The highest BCUT2D eigenvalue weighted by atomic mass is 19.3. The number of aliphatic imine (C=N–C) groups is 1. The maximum atomic E-state index is 12.6. The number of alkyl halides is 2. The fraction of sp³-hybridized carbons (Fsp3) is 0.632. The molecule has 1 aromatic carbocycles. The van der Waals surface area contributed by atoms with E-state index in [9.17, 15) is 8.78 Å². The molecule has 1 saturated heterocycles. The number of guanidine groups is 1. The first-order chi connectivity index (χ1) is 12.5. The van der Waals surface area contributed by atoms with Gasteiger partial charge >= 0.3 is 6.61 Å². The van der Waals surface area contributed by atoms with E-state index < -0.39 is 6.61 Å². The minimum absolute atomic E-state index is 0.0443. The van der Waals surface area contributed by atoms with E-state index in [-0.39, 0.29) is 5.75 Å². The molecule has 26 heavy (non-hydrogen) atoms. The van der Waals surface area contributed by atoms with Crippen LogP contribution in [0.1, 0.15) is 37.7 Å². The van der Waals surface area contributed by atoms with Crippen molar-refractivity contribution in [3.63, 3.8) is 0 Å². The van der Waals surface area contributed by atoms with Gasteiger partial charge in [0.25, 0.3) is 0 Å². The number of nitrogens with one attached hydrogen (secondary N) is 1. The normalized spacial score (nSPS) is 19.4. The molecule has 0 unspecified atom stereocenters. The van der Waals surface area contributed by atoms with Gasteiger partial charge in [-0.25, -0.2) is 0 Å². The van der Waals surface area contributed by atoms with Gasteiger partial charge in [0.05, 0.1) is 7.11 Å². The average molecular weight is 367 g/mol. The maximum absolute atomic E-state index is 12.6. The number of halogens is 2. The summed E-state index contributed by atoms with van der Waals surface area (Å²) < 4.78 is 34.8. The van der Waals surface area contributed by atoms with E-state index >= 15 is 0 Å². The largest absolute Gasteiger partial charge is 0.493 e. The van der Waals surface area contributed by atoms with E-state index in [2.05, 4.69) is 19.9 Å². The highest BCUT2D eigenvalue weighted by Gasteiger charge is 2.41. The first-order valence-electron chi connectivity index (χ1n) is 9.12. The molecule has 1 N–H and O–H groups in total. The molecule has 0 radical (unpaired) electrons. The number of methoxy groups -OCH3 is 1. The SMILES string of the molecule is CN=C(NCc1ccc(OC)c(OC(F)F)c1)N1CCC2(CCCC2)C1. The second kappa shape index (κ2) is 8.10. The van der Waals surface area contributed by atoms with E-state index in [1.807, 2.05) is 6.07 Å². The van der Waals surface area contributed by atoms with Crippen molar-refractivity contribution in [1.82, 2.24) is 10.2 Å². The van der Waals surface area contributed by atoms with Gasteiger partial charge in [0, 0.05) is 26.7 Å². The Labute approximate surface area is 153 Å². The summed E-state index contributed by atoms with van der Waals surface area (Å²) >= 11 is 0. The molecule has 3 rings (SSSR count). The Morgan fingerprint density at radius 2 is 2.04 bits per heavy atom. The first-order valence-corrected chi connectivity index (χ1v) is 9.12. The molecule has 1 spiro atoms. The van der Waals surface area contributed by atoms with Crippen LogP contribution in [0.25, 0.3) is 0 Å². The number of hydrogen-bond donors (Lipinski definition) is 1. The Morgan fingerprint density at radius 1 is 1.27 bits per heavy atom. The van der Waals surface area contributed by atoms with Gasteiger partial charge in [-0.15, -0.1) is 0 Å². The van der Waals surface area contributed by atoms with E-state index in [4.69, 9.17) is 4.74 Å². The third kappa shape index (κ3) is 4.19. The van der Waals surface area contributed by atoms with Gasteiger partial charge in [0.15, 0.2) is 17.5 Å². The summed E-state index contributed by atoms with van der Waals surface area (Å²) in [7, 11) is 3.21. The van der Waals surface area contributed by atoms with Crippen LogP contribution in [-0.4, -0.2) is 44.7 Å². The van der Waals surface area contributed by atoms with Crippen LogP contribution in [0.15, 0.2) is 23.2 Å². The molecule has 2 aliphatic rings. The van der Waals surface area contributed by atoms with Gasteiger partial charge in [-0.2, -0.15) is 8.78 Å². The molecule has 1 aliphatic carbocycles. The van der Waals surface area contributed by atoms with E-state index in [1.54, 1.807) is 19.2 Å². The number of hydrogen-bond acceptors (Lipinski definition) is 3. The third-order valence-electron chi connectivity index (χ3n) is 5.51. The van der Waals surface area contributed by atoms with E-state index in [0.717, 1.165) is 24.6 Å². The van der Waals surface area contributed by atoms with Gasteiger partial charge in [0.1, 0.15) is 0 Å². The van der Waals surface area contributed by atoms with Crippen molar-refractivity contribution in [2.75, 3.05) is 27.2 Å². The molecule has 0 bridgehead atoms. The van der Waals surface area contributed by atoms with Crippen LogP contribution in [0.5, 0.6) is 11.5 Å². The topological polar surface area (TPSA) is 46.1 Å². The van der Waals surface area contributed by atoms with Gasteiger partial charge in [-0.05, 0) is 42.4 Å².